The molecule has 4 heteroatoms. The summed E-state index contributed by atoms with van der Waals surface area (Å²) in [6.07, 6.45) is 1.99. The summed E-state index contributed by atoms with van der Waals surface area (Å²) in [4.78, 5) is 1.96. The Labute approximate surface area is 103 Å². The predicted molar refractivity (Wildman–Crippen MR) is 70.2 cm³/mol. The Morgan fingerprint density at radius 1 is 1.00 bits per heavy atom. The molecule has 1 rings (SSSR count). The van der Waals surface area contributed by atoms with Crippen molar-refractivity contribution in [3.8, 4) is 0 Å². The summed E-state index contributed by atoms with van der Waals surface area (Å²) in [6.45, 7) is 1.98. The highest BCUT2D eigenvalue weighted by atomic mass is 16.3. The van der Waals surface area contributed by atoms with Crippen LogP contribution in [0.2, 0.25) is 0 Å². The largest absolute Gasteiger partial charge is 0.395 e. The van der Waals surface area contributed by atoms with Crippen molar-refractivity contribution in [3.63, 3.8) is 0 Å². The molecule has 0 radical (unpaired) electrons. The van der Waals surface area contributed by atoms with Gasteiger partial charge in [0.15, 0.2) is 0 Å². The first-order chi connectivity index (χ1) is 8.31. The van der Waals surface area contributed by atoms with Gasteiger partial charge in [0.05, 0.1) is 13.2 Å². The third kappa shape index (κ3) is 4.73. The highest BCUT2D eigenvalue weighted by Crippen LogP contribution is 2.15. The number of hydrogen-bond donors (Lipinski definition) is 3. The Morgan fingerprint density at radius 3 is 2.06 bits per heavy atom. The molecule has 0 bridgehead atoms. The summed E-state index contributed by atoms with van der Waals surface area (Å²) in [5.41, 5.74) is 7.77. The van der Waals surface area contributed by atoms with E-state index in [0.29, 0.717) is 19.6 Å². The van der Waals surface area contributed by atoms with Gasteiger partial charge in [0, 0.05) is 18.8 Å². The van der Waals surface area contributed by atoms with E-state index in [4.69, 9.17) is 15.9 Å². The highest BCUT2D eigenvalue weighted by molar-refractivity contribution is 5.47. The van der Waals surface area contributed by atoms with Crippen LogP contribution in [0, 0.1) is 0 Å². The summed E-state index contributed by atoms with van der Waals surface area (Å²) >= 11 is 0. The number of rotatable bonds is 8. The maximum atomic E-state index is 8.96. The lowest BCUT2D eigenvalue weighted by atomic mass is 10.1. The van der Waals surface area contributed by atoms with E-state index in [1.165, 1.54) is 5.56 Å². The van der Waals surface area contributed by atoms with Gasteiger partial charge in [-0.15, -0.1) is 0 Å². The molecule has 1 aromatic rings. The van der Waals surface area contributed by atoms with E-state index in [1.807, 2.05) is 17.0 Å². The number of aryl methyl sites for hydroxylation is 1. The van der Waals surface area contributed by atoms with Crippen LogP contribution in [0.1, 0.15) is 12.0 Å². The molecule has 0 aliphatic heterocycles. The van der Waals surface area contributed by atoms with Crippen LogP contribution in [0.15, 0.2) is 24.3 Å². The maximum Gasteiger partial charge on any atom is 0.0606 e. The van der Waals surface area contributed by atoms with E-state index >= 15 is 0 Å². The molecule has 0 saturated heterocycles. The standard InChI is InChI=1S/C13H22N2O2/c14-7-1-2-12-3-5-13(6-4-12)15(8-10-16)9-11-17/h3-6,16-17H,1-2,7-11,14H2. The van der Waals surface area contributed by atoms with E-state index in [9.17, 15) is 0 Å². The predicted octanol–water partition coefficient (Wildman–Crippen LogP) is 0.369. The molecule has 0 unspecified atom stereocenters. The molecular formula is C13H22N2O2. The molecule has 0 saturated carbocycles. The van der Waals surface area contributed by atoms with Gasteiger partial charge in [-0.25, -0.2) is 0 Å². The lowest BCUT2D eigenvalue weighted by Gasteiger charge is -2.23. The number of hydrogen-bond acceptors (Lipinski definition) is 4. The Morgan fingerprint density at radius 2 is 1.59 bits per heavy atom. The van der Waals surface area contributed by atoms with Gasteiger partial charge in [0.1, 0.15) is 0 Å². The SMILES string of the molecule is NCCCc1ccc(N(CCO)CCO)cc1. The van der Waals surface area contributed by atoms with Crippen LogP contribution < -0.4 is 10.6 Å². The van der Waals surface area contributed by atoms with Gasteiger partial charge in [0.25, 0.3) is 0 Å². The minimum Gasteiger partial charge on any atom is -0.395 e. The molecule has 96 valence electrons. The normalized spacial score (nSPS) is 10.5. The van der Waals surface area contributed by atoms with Crippen LogP contribution in [0.25, 0.3) is 0 Å². The minimum atomic E-state index is 0.0922. The van der Waals surface area contributed by atoms with Crippen LogP contribution in [-0.4, -0.2) is 43.1 Å². The lowest BCUT2D eigenvalue weighted by molar-refractivity contribution is 0.281. The van der Waals surface area contributed by atoms with Crippen molar-refractivity contribution in [3.05, 3.63) is 29.8 Å². The Balaban J connectivity index is 2.63. The second-order valence-corrected chi connectivity index (χ2v) is 3.99. The number of anilines is 1. The zero-order valence-corrected chi connectivity index (χ0v) is 10.2. The molecule has 0 fully saturated rings. The first kappa shape index (κ1) is 14.0. The van der Waals surface area contributed by atoms with E-state index in [0.717, 1.165) is 18.5 Å². The van der Waals surface area contributed by atoms with Crippen LogP contribution in [-0.2, 0) is 6.42 Å². The van der Waals surface area contributed by atoms with Crippen molar-refractivity contribution in [2.45, 2.75) is 12.8 Å². The van der Waals surface area contributed by atoms with Crippen molar-refractivity contribution in [1.29, 1.82) is 0 Å². The maximum absolute atomic E-state index is 8.96. The number of aliphatic hydroxyl groups excluding tert-OH is 2. The molecule has 0 amide bonds. The van der Waals surface area contributed by atoms with Gasteiger partial charge in [-0.05, 0) is 37.1 Å². The third-order valence-corrected chi connectivity index (χ3v) is 2.71. The van der Waals surface area contributed by atoms with Gasteiger partial charge in [0.2, 0.25) is 0 Å². The highest BCUT2D eigenvalue weighted by Gasteiger charge is 2.04. The summed E-state index contributed by atoms with van der Waals surface area (Å²) < 4.78 is 0. The molecule has 0 heterocycles. The van der Waals surface area contributed by atoms with E-state index < -0.39 is 0 Å². The summed E-state index contributed by atoms with van der Waals surface area (Å²) in [6, 6.07) is 8.20. The van der Waals surface area contributed by atoms with Crippen LogP contribution in [0.5, 0.6) is 0 Å². The monoisotopic (exact) mass is 238 g/mol. The smallest absolute Gasteiger partial charge is 0.0606 e. The quantitative estimate of drug-likeness (QED) is 0.612. The molecule has 0 spiro atoms. The Kier molecular flexibility index (Phi) is 6.62. The molecule has 1 aromatic carbocycles. The fourth-order valence-corrected chi connectivity index (χ4v) is 1.79. The summed E-state index contributed by atoms with van der Waals surface area (Å²) in [5, 5.41) is 17.9. The second-order valence-electron chi connectivity index (χ2n) is 3.99. The topological polar surface area (TPSA) is 69.7 Å². The van der Waals surface area contributed by atoms with E-state index in [2.05, 4.69) is 12.1 Å². The van der Waals surface area contributed by atoms with Gasteiger partial charge in [-0.1, -0.05) is 12.1 Å². The van der Waals surface area contributed by atoms with Crippen LogP contribution >= 0.6 is 0 Å². The number of benzene rings is 1. The summed E-state index contributed by atoms with van der Waals surface area (Å²) in [7, 11) is 0. The second kappa shape index (κ2) is 8.06. The number of aliphatic hydroxyl groups is 2. The van der Waals surface area contributed by atoms with Crippen molar-refractivity contribution < 1.29 is 10.2 Å². The van der Waals surface area contributed by atoms with Gasteiger partial charge in [-0.3, -0.25) is 0 Å². The number of nitrogens with two attached hydrogens (primary N) is 1. The number of nitrogens with zero attached hydrogens (tertiary/aromatic N) is 1. The molecule has 0 aliphatic rings. The van der Waals surface area contributed by atoms with Crippen molar-refractivity contribution >= 4 is 5.69 Å². The first-order valence-electron chi connectivity index (χ1n) is 6.07. The molecule has 4 N–H and O–H groups in total. The Hall–Kier alpha value is -1.10. The van der Waals surface area contributed by atoms with Crippen LogP contribution in [0.4, 0.5) is 5.69 Å². The van der Waals surface area contributed by atoms with Crippen molar-refractivity contribution in [2.75, 3.05) is 37.7 Å². The fourth-order valence-electron chi connectivity index (χ4n) is 1.79. The zero-order valence-electron chi connectivity index (χ0n) is 10.2. The van der Waals surface area contributed by atoms with Crippen LogP contribution in [0.3, 0.4) is 0 Å². The molecule has 4 nitrogen and oxygen atoms in total. The molecule has 0 aliphatic carbocycles. The van der Waals surface area contributed by atoms with E-state index in [-0.39, 0.29) is 13.2 Å². The minimum absolute atomic E-state index is 0.0922. The van der Waals surface area contributed by atoms with Gasteiger partial charge < -0.3 is 20.8 Å². The van der Waals surface area contributed by atoms with Crippen molar-refractivity contribution in [2.24, 2.45) is 5.73 Å². The molecule has 17 heavy (non-hydrogen) atoms. The molecular weight excluding hydrogens is 216 g/mol. The third-order valence-electron chi connectivity index (χ3n) is 2.71. The van der Waals surface area contributed by atoms with Gasteiger partial charge in [-0.2, -0.15) is 0 Å². The summed E-state index contributed by atoms with van der Waals surface area (Å²) in [5.74, 6) is 0. The molecule has 0 aromatic heterocycles. The molecule has 0 atom stereocenters. The van der Waals surface area contributed by atoms with Crippen molar-refractivity contribution in [1.82, 2.24) is 0 Å². The average Bonchev–Trinajstić information content (AvgIpc) is 2.37. The lowest BCUT2D eigenvalue weighted by Crippen LogP contribution is -2.29. The average molecular weight is 238 g/mol. The Bertz CT molecular complexity index is 295. The zero-order chi connectivity index (χ0) is 12.5. The fraction of sp³-hybridized carbons (Fsp3) is 0.538. The first-order valence-corrected chi connectivity index (χ1v) is 6.07. The van der Waals surface area contributed by atoms with E-state index in [1.54, 1.807) is 0 Å². The van der Waals surface area contributed by atoms with Gasteiger partial charge >= 0.3 is 0 Å².